The Morgan fingerprint density at radius 2 is 1.74 bits per heavy atom. The molecule has 4 aromatic rings. The number of ether oxygens (including phenoxy) is 1. The molecule has 0 aliphatic carbocycles. The van der Waals surface area contributed by atoms with Crippen LogP contribution < -0.4 is 10.1 Å². The van der Waals surface area contributed by atoms with E-state index in [1.54, 1.807) is 37.7 Å². The van der Waals surface area contributed by atoms with Crippen molar-refractivity contribution in [3.63, 3.8) is 0 Å². The minimum absolute atomic E-state index is 0.154. The topological polar surface area (TPSA) is 159 Å². The summed E-state index contributed by atoms with van der Waals surface area (Å²) in [5, 5.41) is 25.5. The second-order valence-electron chi connectivity index (χ2n) is 14.4. The van der Waals surface area contributed by atoms with Gasteiger partial charge in [-0.1, -0.05) is 29.3 Å². The van der Waals surface area contributed by atoms with Crippen molar-refractivity contribution in [1.29, 1.82) is 0 Å². The van der Waals surface area contributed by atoms with Crippen LogP contribution in [0.2, 0.25) is 10.0 Å². The molecule has 3 fully saturated rings. The number of rotatable bonds is 10. The van der Waals surface area contributed by atoms with Crippen LogP contribution in [0.4, 0.5) is 4.79 Å². The van der Waals surface area contributed by atoms with E-state index in [1.807, 2.05) is 35.2 Å². The Morgan fingerprint density at radius 1 is 0.944 bits per heavy atom. The number of halogens is 2. The molecule has 3 amide bonds. The summed E-state index contributed by atoms with van der Waals surface area (Å²) in [6.45, 7) is 3.55. The first-order chi connectivity index (χ1) is 26.1. The van der Waals surface area contributed by atoms with Crippen molar-refractivity contribution >= 4 is 41.1 Å². The molecule has 3 aliphatic heterocycles. The van der Waals surface area contributed by atoms with Gasteiger partial charge in [-0.05, 0) is 116 Å². The van der Waals surface area contributed by atoms with E-state index in [0.717, 1.165) is 43.4 Å². The Morgan fingerprint density at radius 3 is 2.44 bits per heavy atom. The molecule has 3 aliphatic rings. The number of hydrogen-bond acceptors (Lipinski definition) is 9. The lowest BCUT2D eigenvalue weighted by Crippen LogP contribution is -2.59. The zero-order valence-electron chi connectivity index (χ0n) is 30.0. The van der Waals surface area contributed by atoms with Crippen molar-refractivity contribution < 1.29 is 24.2 Å². The minimum Gasteiger partial charge on any atom is -0.496 e. The Bertz CT molecular complexity index is 1980. The Labute approximate surface area is 323 Å². The quantitative estimate of drug-likeness (QED) is 0.220. The molecule has 14 nitrogen and oxygen atoms in total. The summed E-state index contributed by atoms with van der Waals surface area (Å²) in [4.78, 5) is 49.9. The summed E-state index contributed by atoms with van der Waals surface area (Å²) in [5.74, 6) is -0.670. The molecule has 54 heavy (non-hydrogen) atoms. The van der Waals surface area contributed by atoms with Crippen molar-refractivity contribution in [2.75, 3.05) is 46.4 Å². The second-order valence-corrected chi connectivity index (χ2v) is 15.2. The van der Waals surface area contributed by atoms with Crippen LogP contribution >= 0.6 is 23.2 Å². The average Bonchev–Trinajstić information content (AvgIpc) is 3.91. The van der Waals surface area contributed by atoms with E-state index < -0.39 is 23.0 Å². The standard InChI is InChI=1S/C38H43Cl2N9O5/c1-54-33-8-6-28(49-25-42-44-45-49)23-29(33)34(50)47-21-12-37(24-47,27-5-7-30(39)31(40)22-27)11-18-46-19-13-38(14-20-46,26-9-15-41-16-10-26)43-36(53)48-17-3-2-4-32(48)35(51)52/h5-10,15-16,22-23,25,32H,2-4,11-14,17-21,24H2,1H3,(H,43,53)(H,51,52). The largest absolute Gasteiger partial charge is 0.496 e. The molecule has 3 saturated heterocycles. The van der Waals surface area contributed by atoms with Crippen LogP contribution in [-0.2, 0) is 15.7 Å². The predicted molar refractivity (Wildman–Crippen MR) is 201 cm³/mol. The first-order valence-corrected chi connectivity index (χ1v) is 19.0. The van der Waals surface area contributed by atoms with Crippen LogP contribution in [0.15, 0.2) is 67.3 Å². The fourth-order valence-corrected chi connectivity index (χ4v) is 8.60. The number of nitrogens with one attached hydrogen (secondary N) is 1. The lowest BCUT2D eigenvalue weighted by atomic mass is 9.76. The van der Waals surface area contributed by atoms with Gasteiger partial charge in [-0.2, -0.15) is 0 Å². The summed E-state index contributed by atoms with van der Waals surface area (Å²) in [6.07, 6.45) is 9.66. The summed E-state index contributed by atoms with van der Waals surface area (Å²) in [6, 6.07) is 13.7. The van der Waals surface area contributed by atoms with Crippen LogP contribution in [0.25, 0.3) is 5.69 Å². The van der Waals surface area contributed by atoms with Crippen LogP contribution in [0.3, 0.4) is 0 Å². The van der Waals surface area contributed by atoms with Crippen molar-refractivity contribution in [3.8, 4) is 11.4 Å². The Kier molecular flexibility index (Phi) is 11.0. The average molecular weight is 777 g/mol. The SMILES string of the molecule is COc1ccc(-n2cnnn2)cc1C(=O)N1CCC(CCN2CCC(NC(=O)N3CCCCC3C(=O)O)(c3ccncc3)CC2)(c2ccc(Cl)c(Cl)c2)C1. The normalized spacial score (nSPS) is 21.5. The molecule has 2 N–H and O–H groups in total. The van der Waals surface area contributed by atoms with Gasteiger partial charge in [0.15, 0.2) is 0 Å². The number of carboxylic acids is 1. The lowest BCUT2D eigenvalue weighted by Gasteiger charge is -2.45. The summed E-state index contributed by atoms with van der Waals surface area (Å²) in [5.41, 5.74) is 1.95. The second kappa shape index (κ2) is 15.9. The van der Waals surface area contributed by atoms with E-state index >= 15 is 0 Å². The molecule has 5 heterocycles. The molecule has 2 aromatic carbocycles. The van der Waals surface area contributed by atoms with Gasteiger partial charge in [0, 0.05) is 50.5 Å². The highest BCUT2D eigenvalue weighted by molar-refractivity contribution is 6.42. The van der Waals surface area contributed by atoms with Crippen molar-refractivity contribution in [1.82, 2.24) is 45.2 Å². The molecule has 16 heteroatoms. The lowest BCUT2D eigenvalue weighted by molar-refractivity contribution is -0.143. The highest BCUT2D eigenvalue weighted by Gasteiger charge is 2.44. The Hall–Kier alpha value is -4.79. The predicted octanol–water partition coefficient (Wildman–Crippen LogP) is 5.19. The van der Waals surface area contributed by atoms with Crippen molar-refractivity contribution in [3.05, 3.63) is 94.0 Å². The molecule has 2 atom stereocenters. The summed E-state index contributed by atoms with van der Waals surface area (Å²) < 4.78 is 7.10. The van der Waals surface area contributed by atoms with Gasteiger partial charge in [-0.15, -0.1) is 5.10 Å². The molecule has 2 unspecified atom stereocenters. The van der Waals surface area contributed by atoms with E-state index in [-0.39, 0.29) is 11.9 Å². The third kappa shape index (κ3) is 7.59. The first-order valence-electron chi connectivity index (χ1n) is 18.2. The first kappa shape index (κ1) is 37.5. The zero-order chi connectivity index (χ0) is 37.9. The van der Waals surface area contributed by atoms with Crippen LogP contribution in [-0.4, -0.2) is 115 Å². The van der Waals surface area contributed by atoms with Gasteiger partial charge in [-0.3, -0.25) is 9.78 Å². The number of carbonyl (C=O) groups excluding carboxylic acids is 2. The molecule has 0 radical (unpaired) electrons. The van der Waals surface area contributed by atoms with E-state index in [1.165, 1.54) is 15.9 Å². The van der Waals surface area contributed by atoms with Gasteiger partial charge >= 0.3 is 12.0 Å². The molecule has 0 saturated carbocycles. The molecule has 284 valence electrons. The maximum absolute atomic E-state index is 14.2. The fraction of sp³-hybridized carbons (Fsp3) is 0.447. The van der Waals surface area contributed by atoms with Gasteiger partial charge in [0.25, 0.3) is 5.91 Å². The number of pyridine rings is 1. The van der Waals surface area contributed by atoms with E-state index in [0.29, 0.717) is 79.0 Å². The van der Waals surface area contributed by atoms with Gasteiger partial charge in [0.05, 0.1) is 33.9 Å². The number of benzene rings is 2. The molecule has 2 aromatic heterocycles. The van der Waals surface area contributed by atoms with E-state index in [4.69, 9.17) is 27.9 Å². The van der Waals surface area contributed by atoms with Crippen LogP contribution in [0.5, 0.6) is 5.75 Å². The zero-order valence-corrected chi connectivity index (χ0v) is 31.5. The summed E-state index contributed by atoms with van der Waals surface area (Å²) >= 11 is 13.0. The van der Waals surface area contributed by atoms with Crippen molar-refractivity contribution in [2.24, 2.45) is 0 Å². The van der Waals surface area contributed by atoms with Crippen LogP contribution in [0.1, 0.15) is 66.4 Å². The number of aliphatic carboxylic acids is 1. The summed E-state index contributed by atoms with van der Waals surface area (Å²) in [7, 11) is 1.54. The Balaban J connectivity index is 1.09. The third-order valence-corrected chi connectivity index (χ3v) is 12.2. The van der Waals surface area contributed by atoms with Crippen molar-refractivity contribution in [2.45, 2.75) is 61.9 Å². The molecule has 0 bridgehead atoms. The monoisotopic (exact) mass is 775 g/mol. The van der Waals surface area contributed by atoms with Crippen LogP contribution in [0, 0.1) is 0 Å². The van der Waals surface area contributed by atoms with Gasteiger partial charge in [-0.25, -0.2) is 14.3 Å². The van der Waals surface area contributed by atoms with Gasteiger partial charge < -0.3 is 29.9 Å². The fourth-order valence-electron chi connectivity index (χ4n) is 8.31. The molecule has 7 rings (SSSR count). The number of aromatic nitrogens is 5. The number of amides is 3. The number of nitrogens with zero attached hydrogens (tertiary/aromatic N) is 8. The number of methoxy groups -OCH3 is 1. The number of likely N-dealkylation sites (tertiary alicyclic amines) is 3. The number of urea groups is 1. The maximum atomic E-state index is 14.2. The number of tetrazole rings is 1. The number of carboxylic acid groups (broad SMARTS) is 1. The van der Waals surface area contributed by atoms with Gasteiger partial charge in [0.2, 0.25) is 0 Å². The highest BCUT2D eigenvalue weighted by Crippen LogP contribution is 2.42. The third-order valence-electron chi connectivity index (χ3n) is 11.4. The van der Waals surface area contributed by atoms with E-state index in [2.05, 4.69) is 30.7 Å². The molecular formula is C38H43Cl2N9O5. The minimum atomic E-state index is -0.974. The van der Waals surface area contributed by atoms with Gasteiger partial charge in [0.1, 0.15) is 18.1 Å². The molecule has 0 spiro atoms. The van der Waals surface area contributed by atoms with E-state index in [9.17, 15) is 19.5 Å². The maximum Gasteiger partial charge on any atom is 0.326 e. The smallest absolute Gasteiger partial charge is 0.326 e. The number of hydrogen-bond donors (Lipinski definition) is 2. The molecular weight excluding hydrogens is 733 g/mol. The highest BCUT2D eigenvalue weighted by atomic mass is 35.5. The number of carbonyl (C=O) groups is 3. The number of piperidine rings is 2.